The number of benzene rings is 1. The van der Waals surface area contributed by atoms with Gasteiger partial charge in [0.05, 0.1) is 6.61 Å². The molecule has 1 aromatic rings. The summed E-state index contributed by atoms with van der Waals surface area (Å²) in [5.74, 6) is -1.46. The van der Waals surface area contributed by atoms with E-state index in [4.69, 9.17) is 4.74 Å². The van der Waals surface area contributed by atoms with Gasteiger partial charge in [-0.15, -0.1) is 0 Å². The van der Waals surface area contributed by atoms with Crippen LogP contribution >= 0.6 is 15.9 Å². The van der Waals surface area contributed by atoms with Crippen molar-refractivity contribution in [2.24, 2.45) is 0 Å². The smallest absolute Gasteiger partial charge is 0.331 e. The summed E-state index contributed by atoms with van der Waals surface area (Å²) in [6, 6.07) is 5.13. The third-order valence-electron chi connectivity index (χ3n) is 3.20. The van der Waals surface area contributed by atoms with Crippen LogP contribution < -0.4 is 5.32 Å². The van der Waals surface area contributed by atoms with Gasteiger partial charge >= 0.3 is 5.97 Å². The molecule has 1 amide bonds. The van der Waals surface area contributed by atoms with Crippen molar-refractivity contribution < 1.29 is 19.4 Å². The van der Waals surface area contributed by atoms with Crippen molar-refractivity contribution in [3.8, 4) is 0 Å². The Kier molecular flexibility index (Phi) is 3.91. The van der Waals surface area contributed by atoms with Crippen molar-refractivity contribution in [1.29, 1.82) is 0 Å². The zero-order valence-corrected chi connectivity index (χ0v) is 12.0. The lowest BCUT2D eigenvalue weighted by atomic mass is 9.98. The van der Waals surface area contributed by atoms with Crippen LogP contribution in [-0.2, 0) is 9.53 Å². The number of hydrogen-bond donors (Lipinski definition) is 2. The molecule has 0 spiro atoms. The largest absolute Gasteiger partial charge is 0.479 e. The molecule has 5 nitrogen and oxygen atoms in total. The number of hydrogen-bond acceptors (Lipinski definition) is 3. The van der Waals surface area contributed by atoms with E-state index in [9.17, 15) is 14.7 Å². The minimum Gasteiger partial charge on any atom is -0.479 e. The van der Waals surface area contributed by atoms with E-state index in [0.29, 0.717) is 12.2 Å². The molecule has 1 aliphatic heterocycles. The first-order valence-corrected chi connectivity index (χ1v) is 6.64. The Morgan fingerprint density at radius 3 is 2.74 bits per heavy atom. The number of aliphatic carboxylic acids is 1. The fraction of sp³-hybridized carbons (Fsp3) is 0.385. The molecule has 1 unspecified atom stereocenters. The molecule has 0 radical (unpaired) electrons. The summed E-state index contributed by atoms with van der Waals surface area (Å²) in [7, 11) is 0. The molecule has 0 bridgehead atoms. The van der Waals surface area contributed by atoms with Crippen molar-refractivity contribution in [2.75, 3.05) is 13.2 Å². The van der Waals surface area contributed by atoms with E-state index in [1.807, 2.05) is 6.92 Å². The van der Waals surface area contributed by atoms with Crippen molar-refractivity contribution in [3.05, 3.63) is 33.8 Å². The standard InChI is InChI=1S/C13H14BrNO4/c1-8-6-9(2-3-10(8)14)11(16)15-13(12(17)18)4-5-19-7-13/h2-3,6H,4-5,7H2,1H3,(H,15,16)(H,17,18). The van der Waals surface area contributed by atoms with Crippen molar-refractivity contribution in [3.63, 3.8) is 0 Å². The molecule has 2 rings (SSSR count). The number of nitrogens with one attached hydrogen (secondary N) is 1. The minimum atomic E-state index is -1.31. The van der Waals surface area contributed by atoms with Gasteiger partial charge in [0.2, 0.25) is 0 Å². The Balaban J connectivity index is 2.20. The summed E-state index contributed by atoms with van der Waals surface area (Å²) >= 11 is 3.35. The highest BCUT2D eigenvalue weighted by Gasteiger charge is 2.44. The van der Waals surface area contributed by atoms with Gasteiger partial charge in [-0.25, -0.2) is 4.79 Å². The Morgan fingerprint density at radius 1 is 1.47 bits per heavy atom. The van der Waals surface area contributed by atoms with Crippen LogP contribution in [0.3, 0.4) is 0 Å². The molecule has 1 aromatic carbocycles. The number of ether oxygens (including phenoxy) is 1. The first-order chi connectivity index (χ1) is 8.94. The summed E-state index contributed by atoms with van der Waals surface area (Å²) in [6.45, 7) is 2.21. The van der Waals surface area contributed by atoms with E-state index >= 15 is 0 Å². The Labute approximate surface area is 119 Å². The average Bonchev–Trinajstić information content (AvgIpc) is 2.82. The lowest BCUT2D eigenvalue weighted by molar-refractivity contribution is -0.144. The van der Waals surface area contributed by atoms with Crippen LogP contribution in [0.25, 0.3) is 0 Å². The predicted molar refractivity (Wildman–Crippen MR) is 72.1 cm³/mol. The van der Waals surface area contributed by atoms with Gasteiger partial charge in [-0.2, -0.15) is 0 Å². The van der Waals surface area contributed by atoms with Crippen LogP contribution in [0.1, 0.15) is 22.3 Å². The first-order valence-electron chi connectivity index (χ1n) is 5.84. The normalized spacial score (nSPS) is 22.2. The summed E-state index contributed by atoms with van der Waals surface area (Å²) in [5, 5.41) is 11.8. The topological polar surface area (TPSA) is 75.6 Å². The van der Waals surface area contributed by atoms with Gasteiger partial charge < -0.3 is 15.2 Å². The molecule has 2 N–H and O–H groups in total. The minimum absolute atomic E-state index is 0.00356. The molecule has 1 fully saturated rings. The van der Waals surface area contributed by atoms with E-state index in [0.717, 1.165) is 10.0 Å². The number of halogens is 1. The van der Waals surface area contributed by atoms with Crippen LogP contribution in [0.4, 0.5) is 0 Å². The first kappa shape index (κ1) is 14.0. The van der Waals surface area contributed by atoms with Gasteiger partial charge in [0.15, 0.2) is 5.54 Å². The maximum absolute atomic E-state index is 12.1. The molecule has 0 saturated carbocycles. The van der Waals surface area contributed by atoms with Crippen LogP contribution in [0.15, 0.2) is 22.7 Å². The number of carbonyl (C=O) groups is 2. The fourth-order valence-electron chi connectivity index (χ4n) is 1.96. The summed E-state index contributed by atoms with van der Waals surface area (Å²) < 4.78 is 6.00. The molecule has 19 heavy (non-hydrogen) atoms. The Bertz CT molecular complexity index is 523. The van der Waals surface area contributed by atoms with Crippen LogP contribution in [0, 0.1) is 6.92 Å². The molecule has 102 valence electrons. The van der Waals surface area contributed by atoms with Crippen molar-refractivity contribution >= 4 is 27.8 Å². The van der Waals surface area contributed by atoms with Crippen LogP contribution in [0.2, 0.25) is 0 Å². The van der Waals surface area contributed by atoms with Gasteiger partial charge in [0.1, 0.15) is 0 Å². The van der Waals surface area contributed by atoms with Gasteiger partial charge in [-0.1, -0.05) is 15.9 Å². The molecular weight excluding hydrogens is 314 g/mol. The second kappa shape index (κ2) is 5.30. The number of amides is 1. The second-order valence-corrected chi connectivity index (χ2v) is 5.46. The Hall–Kier alpha value is -1.40. The van der Waals surface area contributed by atoms with Crippen molar-refractivity contribution in [1.82, 2.24) is 5.32 Å². The highest BCUT2D eigenvalue weighted by molar-refractivity contribution is 9.10. The molecule has 1 atom stereocenters. The third kappa shape index (κ3) is 2.79. The van der Waals surface area contributed by atoms with Crippen LogP contribution in [0.5, 0.6) is 0 Å². The summed E-state index contributed by atoms with van der Waals surface area (Å²) in [4.78, 5) is 23.4. The number of rotatable bonds is 3. The van der Waals surface area contributed by atoms with E-state index in [1.54, 1.807) is 18.2 Å². The van der Waals surface area contributed by atoms with E-state index in [-0.39, 0.29) is 13.0 Å². The number of carbonyl (C=O) groups excluding carboxylic acids is 1. The number of carboxylic acid groups (broad SMARTS) is 1. The zero-order valence-electron chi connectivity index (χ0n) is 10.4. The lowest BCUT2D eigenvalue weighted by Gasteiger charge is -2.23. The van der Waals surface area contributed by atoms with Crippen molar-refractivity contribution in [2.45, 2.75) is 18.9 Å². The molecule has 1 heterocycles. The molecule has 1 aliphatic rings. The zero-order chi connectivity index (χ0) is 14.0. The van der Waals surface area contributed by atoms with E-state index in [1.165, 1.54) is 0 Å². The maximum Gasteiger partial charge on any atom is 0.331 e. The predicted octanol–water partition coefficient (Wildman–Crippen LogP) is 1.73. The third-order valence-corrected chi connectivity index (χ3v) is 4.09. The van der Waals surface area contributed by atoms with E-state index in [2.05, 4.69) is 21.2 Å². The number of carboxylic acids is 1. The maximum atomic E-state index is 12.1. The van der Waals surface area contributed by atoms with E-state index < -0.39 is 17.4 Å². The average molecular weight is 328 g/mol. The highest BCUT2D eigenvalue weighted by Crippen LogP contribution is 2.21. The molecule has 6 heteroatoms. The van der Waals surface area contributed by atoms with Crippen LogP contribution in [-0.4, -0.2) is 35.7 Å². The number of aryl methyl sites for hydroxylation is 1. The SMILES string of the molecule is Cc1cc(C(=O)NC2(C(=O)O)CCOC2)ccc1Br. The quantitative estimate of drug-likeness (QED) is 0.886. The lowest BCUT2D eigenvalue weighted by Crippen LogP contribution is -2.55. The second-order valence-electron chi connectivity index (χ2n) is 4.61. The Morgan fingerprint density at radius 2 is 2.21 bits per heavy atom. The monoisotopic (exact) mass is 327 g/mol. The highest BCUT2D eigenvalue weighted by atomic mass is 79.9. The fourth-order valence-corrected chi connectivity index (χ4v) is 2.21. The summed E-state index contributed by atoms with van der Waals surface area (Å²) in [6.07, 6.45) is 0.281. The molecule has 0 aromatic heterocycles. The van der Waals surface area contributed by atoms with Gasteiger partial charge in [-0.3, -0.25) is 4.79 Å². The van der Waals surface area contributed by atoms with Gasteiger partial charge in [-0.05, 0) is 30.7 Å². The summed E-state index contributed by atoms with van der Waals surface area (Å²) in [5.41, 5.74) is 0.0471. The van der Waals surface area contributed by atoms with Gasteiger partial charge in [0.25, 0.3) is 5.91 Å². The molecular formula is C13H14BrNO4. The molecule has 0 aliphatic carbocycles. The van der Waals surface area contributed by atoms with Gasteiger partial charge in [0, 0.05) is 23.1 Å². The molecule has 1 saturated heterocycles.